The largest absolute Gasteiger partial charge is 0.264 e. The van der Waals surface area contributed by atoms with E-state index in [4.69, 9.17) is 0 Å². The van der Waals surface area contributed by atoms with Gasteiger partial charge in [-0.25, -0.2) is 8.93 Å². The molecule has 0 amide bonds. The molecule has 1 unspecified atom stereocenters. The van der Waals surface area contributed by atoms with E-state index < -0.39 is 23.1 Å². The molecule has 5 nitrogen and oxygen atoms in total. The first-order chi connectivity index (χ1) is 11.5. The van der Waals surface area contributed by atoms with Crippen molar-refractivity contribution in [2.24, 2.45) is 0 Å². The summed E-state index contributed by atoms with van der Waals surface area (Å²) in [6.07, 6.45) is 3.49. The molecule has 0 aliphatic carbocycles. The maximum absolute atomic E-state index is 12.4. The number of hydrogen-bond acceptors (Lipinski definition) is 3. The van der Waals surface area contributed by atoms with E-state index in [0.717, 1.165) is 11.1 Å². The molecule has 0 spiro atoms. The molecule has 0 saturated carbocycles. The zero-order chi connectivity index (χ0) is 17.5. The Morgan fingerprint density at radius 2 is 1.75 bits per heavy atom. The molecule has 2 rings (SSSR count). The average Bonchev–Trinajstić information content (AvgIpc) is 2.59. The van der Waals surface area contributed by atoms with Gasteiger partial charge in [0.05, 0.1) is 4.90 Å². The molecule has 0 radical (unpaired) electrons. The third-order valence-electron chi connectivity index (χ3n) is 3.63. The Bertz CT molecular complexity index is 730. The van der Waals surface area contributed by atoms with Crippen molar-refractivity contribution in [2.45, 2.75) is 30.8 Å². The number of aryl methyl sites for hydroxylation is 1. The highest BCUT2D eigenvalue weighted by Gasteiger charge is 2.26. The standard InChI is InChI=1S/C18H20N2O3S/c1-14-8-11-17(12-9-14)24(23)19-18(15(2)20(21)22)13-10-16-6-4-3-5-7-16/h3-13,15,18-19H,1-2H3/b13-10+/t15-,18-,24?/m0/s1. The summed E-state index contributed by atoms with van der Waals surface area (Å²) in [6, 6.07) is 15.2. The van der Waals surface area contributed by atoms with Crippen molar-refractivity contribution in [3.8, 4) is 0 Å². The third-order valence-corrected chi connectivity index (χ3v) is 4.81. The molecule has 0 aliphatic rings. The zero-order valence-corrected chi connectivity index (χ0v) is 14.4. The Hall–Kier alpha value is -2.31. The van der Waals surface area contributed by atoms with Gasteiger partial charge in [0, 0.05) is 11.8 Å². The van der Waals surface area contributed by atoms with Crippen LogP contribution in [0.2, 0.25) is 0 Å². The van der Waals surface area contributed by atoms with E-state index in [0.29, 0.717) is 4.90 Å². The lowest BCUT2D eigenvalue weighted by atomic mass is 10.1. The summed E-state index contributed by atoms with van der Waals surface area (Å²) < 4.78 is 15.3. The molecular formula is C18H20N2O3S. The van der Waals surface area contributed by atoms with E-state index in [2.05, 4.69) is 4.72 Å². The Morgan fingerprint density at radius 1 is 1.12 bits per heavy atom. The summed E-state index contributed by atoms with van der Waals surface area (Å²) in [4.78, 5) is 11.4. The van der Waals surface area contributed by atoms with E-state index in [1.165, 1.54) is 6.92 Å². The van der Waals surface area contributed by atoms with Gasteiger partial charge in [0.1, 0.15) is 17.0 Å². The van der Waals surface area contributed by atoms with Gasteiger partial charge in [-0.1, -0.05) is 60.2 Å². The van der Waals surface area contributed by atoms with Gasteiger partial charge in [0.15, 0.2) is 0 Å². The molecule has 2 aromatic carbocycles. The van der Waals surface area contributed by atoms with Crippen molar-refractivity contribution >= 4 is 17.1 Å². The fourth-order valence-corrected chi connectivity index (χ4v) is 3.10. The van der Waals surface area contributed by atoms with Crippen LogP contribution in [0.3, 0.4) is 0 Å². The smallest absolute Gasteiger partial charge is 0.229 e. The summed E-state index contributed by atoms with van der Waals surface area (Å²) in [5.74, 6) is 0. The van der Waals surface area contributed by atoms with E-state index in [9.17, 15) is 14.3 Å². The number of nitro groups is 1. The number of nitrogens with zero attached hydrogens (tertiary/aromatic N) is 1. The highest BCUT2D eigenvalue weighted by atomic mass is 32.2. The van der Waals surface area contributed by atoms with Crippen LogP contribution in [0.15, 0.2) is 65.6 Å². The Kier molecular flexibility index (Phi) is 6.40. The molecule has 24 heavy (non-hydrogen) atoms. The van der Waals surface area contributed by atoms with E-state index in [1.54, 1.807) is 24.3 Å². The predicted molar refractivity (Wildman–Crippen MR) is 96.4 cm³/mol. The number of nitrogens with one attached hydrogen (secondary N) is 1. The normalized spacial score (nSPS) is 15.1. The lowest BCUT2D eigenvalue weighted by Gasteiger charge is -2.16. The van der Waals surface area contributed by atoms with Crippen LogP contribution >= 0.6 is 0 Å². The molecule has 0 saturated heterocycles. The van der Waals surface area contributed by atoms with Crippen molar-refractivity contribution in [1.29, 1.82) is 0 Å². The second-order valence-corrected chi connectivity index (χ2v) is 6.77. The minimum absolute atomic E-state index is 0.376. The van der Waals surface area contributed by atoms with Gasteiger partial charge >= 0.3 is 0 Å². The van der Waals surface area contributed by atoms with Crippen molar-refractivity contribution in [3.63, 3.8) is 0 Å². The minimum Gasteiger partial charge on any atom is -0.264 e. The predicted octanol–water partition coefficient (Wildman–Crippen LogP) is 3.35. The molecule has 0 fully saturated rings. The zero-order valence-electron chi connectivity index (χ0n) is 13.6. The summed E-state index contributed by atoms with van der Waals surface area (Å²) in [5.41, 5.74) is 2.00. The van der Waals surface area contributed by atoms with Gasteiger partial charge < -0.3 is 0 Å². The van der Waals surface area contributed by atoms with Crippen molar-refractivity contribution in [3.05, 3.63) is 81.9 Å². The summed E-state index contributed by atoms with van der Waals surface area (Å²) in [7, 11) is -1.52. The summed E-state index contributed by atoms with van der Waals surface area (Å²) in [6.45, 7) is 3.44. The molecule has 0 aliphatic heterocycles. The SMILES string of the molecule is Cc1ccc(S(=O)N[C@@H](/C=C/c2ccccc2)[C@H](C)[N+](=O)[O-])cc1. The van der Waals surface area contributed by atoms with Crippen LogP contribution < -0.4 is 4.72 Å². The maximum atomic E-state index is 12.4. The van der Waals surface area contributed by atoms with Crippen LogP contribution in [0.4, 0.5) is 0 Å². The Balaban J connectivity index is 2.17. The highest BCUT2D eigenvalue weighted by Crippen LogP contribution is 2.11. The second-order valence-electron chi connectivity index (χ2n) is 5.52. The second kappa shape index (κ2) is 8.52. The summed E-state index contributed by atoms with van der Waals surface area (Å²) >= 11 is 0. The maximum Gasteiger partial charge on any atom is 0.229 e. The quantitative estimate of drug-likeness (QED) is 0.618. The first-order valence-electron chi connectivity index (χ1n) is 7.59. The van der Waals surface area contributed by atoms with Crippen LogP contribution in [0.1, 0.15) is 18.1 Å². The minimum atomic E-state index is -1.52. The number of rotatable bonds is 7. The third kappa shape index (κ3) is 5.11. The van der Waals surface area contributed by atoms with Crippen LogP contribution in [-0.2, 0) is 11.0 Å². The van der Waals surface area contributed by atoms with Crippen LogP contribution in [0, 0.1) is 17.0 Å². The molecule has 126 valence electrons. The van der Waals surface area contributed by atoms with E-state index in [-0.39, 0.29) is 4.92 Å². The molecule has 0 bridgehead atoms. The lowest BCUT2D eigenvalue weighted by molar-refractivity contribution is -0.519. The summed E-state index contributed by atoms with van der Waals surface area (Å²) in [5, 5.41) is 11.1. The Labute approximate surface area is 144 Å². The van der Waals surface area contributed by atoms with E-state index >= 15 is 0 Å². The topological polar surface area (TPSA) is 72.2 Å². The lowest BCUT2D eigenvalue weighted by Crippen LogP contribution is -2.41. The van der Waals surface area contributed by atoms with E-state index in [1.807, 2.05) is 49.4 Å². The molecule has 6 heteroatoms. The molecule has 1 N–H and O–H groups in total. The van der Waals surface area contributed by atoms with Crippen molar-refractivity contribution in [2.75, 3.05) is 0 Å². The van der Waals surface area contributed by atoms with Crippen LogP contribution in [0.25, 0.3) is 6.08 Å². The highest BCUT2D eigenvalue weighted by molar-refractivity contribution is 7.83. The average molecular weight is 344 g/mol. The first kappa shape index (κ1) is 18.0. The van der Waals surface area contributed by atoms with Gasteiger partial charge in [-0.05, 0) is 24.6 Å². The molecule has 0 aromatic heterocycles. The van der Waals surface area contributed by atoms with Crippen molar-refractivity contribution < 1.29 is 9.13 Å². The van der Waals surface area contributed by atoms with Gasteiger partial charge in [-0.3, -0.25) is 10.1 Å². The Morgan fingerprint density at radius 3 is 2.33 bits per heavy atom. The molecular weight excluding hydrogens is 324 g/mol. The number of benzene rings is 2. The van der Waals surface area contributed by atoms with Gasteiger partial charge in [0.25, 0.3) is 0 Å². The number of hydrogen-bond donors (Lipinski definition) is 1. The monoisotopic (exact) mass is 344 g/mol. The molecule has 3 atom stereocenters. The van der Waals surface area contributed by atoms with Crippen molar-refractivity contribution in [1.82, 2.24) is 4.72 Å². The van der Waals surface area contributed by atoms with Gasteiger partial charge in [-0.2, -0.15) is 0 Å². The molecule has 0 heterocycles. The fraction of sp³-hybridized carbons (Fsp3) is 0.222. The molecule has 2 aromatic rings. The van der Waals surface area contributed by atoms with Gasteiger partial charge in [-0.15, -0.1) is 0 Å². The van der Waals surface area contributed by atoms with Crippen LogP contribution in [0.5, 0.6) is 0 Å². The van der Waals surface area contributed by atoms with Gasteiger partial charge in [0.2, 0.25) is 6.04 Å². The first-order valence-corrected chi connectivity index (χ1v) is 8.73. The van der Waals surface area contributed by atoms with Crippen LogP contribution in [-0.4, -0.2) is 21.2 Å². The fourth-order valence-electron chi connectivity index (χ4n) is 2.06.